The molecule has 2 aliphatic carbocycles. The Morgan fingerprint density at radius 1 is 1.11 bits per heavy atom. The molecule has 4 nitrogen and oxygen atoms in total. The average molecular weight is 254 g/mol. The second kappa shape index (κ2) is 6.53. The van der Waals surface area contributed by atoms with Crippen LogP contribution in [0.5, 0.6) is 0 Å². The van der Waals surface area contributed by atoms with E-state index in [-0.39, 0.29) is 24.0 Å². The molecule has 0 radical (unpaired) electrons. The van der Waals surface area contributed by atoms with E-state index in [1.54, 1.807) is 0 Å². The number of hydrogen-bond acceptors (Lipinski definition) is 3. The van der Waals surface area contributed by atoms with Crippen LogP contribution in [0.15, 0.2) is 0 Å². The van der Waals surface area contributed by atoms with Gasteiger partial charge >= 0.3 is 0 Å². The number of aliphatic hydroxyl groups is 1. The summed E-state index contributed by atoms with van der Waals surface area (Å²) >= 11 is 0. The van der Waals surface area contributed by atoms with Crippen LogP contribution in [0.25, 0.3) is 0 Å². The van der Waals surface area contributed by atoms with E-state index in [1.807, 2.05) is 0 Å². The van der Waals surface area contributed by atoms with Crippen LogP contribution >= 0.6 is 0 Å². The molecule has 4 heteroatoms. The molecule has 0 spiro atoms. The van der Waals surface area contributed by atoms with Gasteiger partial charge in [0.2, 0.25) is 5.91 Å². The van der Waals surface area contributed by atoms with Crippen LogP contribution in [0, 0.1) is 11.8 Å². The van der Waals surface area contributed by atoms with Gasteiger partial charge in [0.1, 0.15) is 0 Å². The second-order valence-electron chi connectivity index (χ2n) is 5.97. The normalized spacial score (nSPS) is 36.6. The van der Waals surface area contributed by atoms with Crippen molar-refractivity contribution in [3.8, 4) is 0 Å². The SMILES string of the molecule is NC1CCCCC1CC(=O)NCC1CCCC1O. The molecule has 104 valence electrons. The fraction of sp³-hybridized carbons (Fsp3) is 0.929. The minimum Gasteiger partial charge on any atom is -0.393 e. The van der Waals surface area contributed by atoms with Crippen molar-refractivity contribution in [3.05, 3.63) is 0 Å². The van der Waals surface area contributed by atoms with Crippen molar-refractivity contribution in [3.63, 3.8) is 0 Å². The lowest BCUT2D eigenvalue weighted by Gasteiger charge is -2.28. The van der Waals surface area contributed by atoms with Crippen LogP contribution in [-0.4, -0.2) is 29.7 Å². The molecule has 4 atom stereocenters. The molecule has 0 aromatic rings. The summed E-state index contributed by atoms with van der Waals surface area (Å²) in [4.78, 5) is 11.9. The third kappa shape index (κ3) is 3.69. The van der Waals surface area contributed by atoms with Gasteiger partial charge in [-0.2, -0.15) is 0 Å². The Labute approximate surface area is 109 Å². The Bertz CT molecular complexity index is 283. The standard InChI is InChI=1S/C14H26N2O2/c15-12-6-2-1-4-10(12)8-14(18)16-9-11-5-3-7-13(11)17/h10-13,17H,1-9,15H2,(H,16,18). The molecule has 0 aliphatic heterocycles. The maximum Gasteiger partial charge on any atom is 0.220 e. The highest BCUT2D eigenvalue weighted by Gasteiger charge is 2.27. The Balaban J connectivity index is 1.68. The molecule has 0 bridgehead atoms. The predicted octanol–water partition coefficient (Wildman–Crippen LogP) is 1.17. The minimum atomic E-state index is -0.220. The monoisotopic (exact) mass is 254 g/mol. The van der Waals surface area contributed by atoms with Crippen molar-refractivity contribution >= 4 is 5.91 Å². The molecule has 0 heterocycles. The Morgan fingerprint density at radius 2 is 1.83 bits per heavy atom. The molecule has 0 saturated heterocycles. The summed E-state index contributed by atoms with van der Waals surface area (Å²) in [6.45, 7) is 0.627. The largest absolute Gasteiger partial charge is 0.393 e. The highest BCUT2D eigenvalue weighted by Crippen LogP contribution is 2.26. The minimum absolute atomic E-state index is 0.108. The molecule has 1 amide bonds. The van der Waals surface area contributed by atoms with Gasteiger partial charge in [-0.25, -0.2) is 0 Å². The van der Waals surface area contributed by atoms with Crippen LogP contribution < -0.4 is 11.1 Å². The molecule has 4 unspecified atom stereocenters. The van der Waals surface area contributed by atoms with Crippen LogP contribution in [0.4, 0.5) is 0 Å². The summed E-state index contributed by atoms with van der Waals surface area (Å²) in [6, 6.07) is 0.196. The lowest BCUT2D eigenvalue weighted by atomic mass is 9.83. The van der Waals surface area contributed by atoms with E-state index < -0.39 is 0 Å². The van der Waals surface area contributed by atoms with Gasteiger partial charge in [-0.15, -0.1) is 0 Å². The van der Waals surface area contributed by atoms with Crippen molar-refractivity contribution in [2.75, 3.05) is 6.54 Å². The number of aliphatic hydroxyl groups excluding tert-OH is 1. The maximum absolute atomic E-state index is 11.9. The molecule has 2 fully saturated rings. The highest BCUT2D eigenvalue weighted by atomic mass is 16.3. The summed E-state index contributed by atoms with van der Waals surface area (Å²) in [6.07, 6.45) is 7.88. The molecule has 0 aromatic carbocycles. The number of hydrogen-bond donors (Lipinski definition) is 3. The third-order valence-electron chi connectivity index (χ3n) is 4.60. The van der Waals surface area contributed by atoms with E-state index in [0.29, 0.717) is 18.9 Å². The van der Waals surface area contributed by atoms with Gasteiger partial charge in [0.25, 0.3) is 0 Å². The number of rotatable bonds is 4. The first-order valence-corrected chi connectivity index (χ1v) is 7.37. The Morgan fingerprint density at radius 3 is 2.50 bits per heavy atom. The fourth-order valence-corrected chi connectivity index (χ4v) is 3.30. The van der Waals surface area contributed by atoms with Crippen molar-refractivity contribution in [1.82, 2.24) is 5.32 Å². The first kappa shape index (κ1) is 13.8. The van der Waals surface area contributed by atoms with E-state index in [9.17, 15) is 9.90 Å². The fourth-order valence-electron chi connectivity index (χ4n) is 3.30. The van der Waals surface area contributed by atoms with Crippen molar-refractivity contribution in [1.29, 1.82) is 0 Å². The average Bonchev–Trinajstić information content (AvgIpc) is 2.75. The number of carbonyl (C=O) groups excluding carboxylic acids is 1. The van der Waals surface area contributed by atoms with E-state index in [4.69, 9.17) is 5.73 Å². The first-order valence-electron chi connectivity index (χ1n) is 7.37. The van der Waals surface area contributed by atoms with Crippen molar-refractivity contribution in [2.24, 2.45) is 17.6 Å². The number of nitrogens with two attached hydrogens (primary N) is 1. The molecule has 18 heavy (non-hydrogen) atoms. The van der Waals surface area contributed by atoms with Crippen LogP contribution in [-0.2, 0) is 4.79 Å². The summed E-state index contributed by atoms with van der Waals surface area (Å²) in [5, 5.41) is 12.7. The van der Waals surface area contributed by atoms with Gasteiger partial charge in [-0.05, 0) is 31.6 Å². The topological polar surface area (TPSA) is 75.4 Å². The smallest absolute Gasteiger partial charge is 0.220 e. The summed E-state index contributed by atoms with van der Waals surface area (Å²) in [5.41, 5.74) is 6.05. The van der Waals surface area contributed by atoms with E-state index in [1.165, 1.54) is 12.8 Å². The lowest BCUT2D eigenvalue weighted by Crippen LogP contribution is -2.38. The summed E-state index contributed by atoms with van der Waals surface area (Å²) < 4.78 is 0. The lowest BCUT2D eigenvalue weighted by molar-refractivity contribution is -0.122. The molecule has 4 N–H and O–H groups in total. The Kier molecular flexibility index (Phi) is 5.01. The molecule has 2 rings (SSSR count). The molecule has 2 aliphatic rings. The zero-order chi connectivity index (χ0) is 13.0. The zero-order valence-electron chi connectivity index (χ0n) is 11.1. The van der Waals surface area contributed by atoms with Crippen molar-refractivity contribution in [2.45, 2.75) is 63.5 Å². The molecular formula is C14H26N2O2. The van der Waals surface area contributed by atoms with E-state index in [2.05, 4.69) is 5.32 Å². The van der Waals surface area contributed by atoms with E-state index >= 15 is 0 Å². The van der Waals surface area contributed by atoms with Gasteiger partial charge in [0.05, 0.1) is 6.10 Å². The van der Waals surface area contributed by atoms with Gasteiger partial charge < -0.3 is 16.2 Å². The second-order valence-corrected chi connectivity index (χ2v) is 5.97. The van der Waals surface area contributed by atoms with Gasteiger partial charge in [-0.3, -0.25) is 4.79 Å². The number of amides is 1. The molecule has 0 aromatic heterocycles. The van der Waals surface area contributed by atoms with E-state index in [0.717, 1.165) is 32.1 Å². The molecular weight excluding hydrogens is 228 g/mol. The Hall–Kier alpha value is -0.610. The predicted molar refractivity (Wildman–Crippen MR) is 70.9 cm³/mol. The zero-order valence-corrected chi connectivity index (χ0v) is 11.1. The quantitative estimate of drug-likeness (QED) is 0.705. The van der Waals surface area contributed by atoms with Gasteiger partial charge in [0, 0.05) is 24.9 Å². The molecule has 2 saturated carbocycles. The van der Waals surface area contributed by atoms with Crippen LogP contribution in [0.1, 0.15) is 51.4 Å². The van der Waals surface area contributed by atoms with Gasteiger partial charge in [0.15, 0.2) is 0 Å². The summed E-state index contributed by atoms with van der Waals surface area (Å²) in [5.74, 6) is 0.720. The highest BCUT2D eigenvalue weighted by molar-refractivity contribution is 5.76. The van der Waals surface area contributed by atoms with Crippen LogP contribution in [0.3, 0.4) is 0 Å². The van der Waals surface area contributed by atoms with Crippen LogP contribution in [0.2, 0.25) is 0 Å². The van der Waals surface area contributed by atoms with Gasteiger partial charge in [-0.1, -0.05) is 19.3 Å². The maximum atomic E-state index is 11.9. The van der Waals surface area contributed by atoms with Crippen molar-refractivity contribution < 1.29 is 9.90 Å². The number of carbonyl (C=O) groups is 1. The first-order chi connectivity index (χ1) is 8.66. The third-order valence-corrected chi connectivity index (χ3v) is 4.60. The number of nitrogens with one attached hydrogen (secondary N) is 1. The summed E-state index contributed by atoms with van der Waals surface area (Å²) in [7, 11) is 0.